The number of nitrogens with zero attached hydrogens (tertiary/aromatic N) is 3. The van der Waals surface area contributed by atoms with Crippen LogP contribution in [-0.4, -0.2) is 41.7 Å². The van der Waals surface area contributed by atoms with E-state index >= 15 is 0 Å². The van der Waals surface area contributed by atoms with Crippen molar-refractivity contribution in [2.24, 2.45) is 0 Å². The Bertz CT molecular complexity index is 1340. The van der Waals surface area contributed by atoms with Gasteiger partial charge in [0.15, 0.2) is 0 Å². The predicted octanol–water partition coefficient (Wildman–Crippen LogP) is 3.39. The largest absolute Gasteiger partial charge is 0.352 e. The molecule has 160 valence electrons. The summed E-state index contributed by atoms with van der Waals surface area (Å²) in [5.41, 5.74) is 1.97. The first kappa shape index (κ1) is 21.1. The van der Waals surface area contributed by atoms with Crippen LogP contribution in [0.25, 0.3) is 16.6 Å². The molecule has 1 aromatic carbocycles. The normalized spacial score (nSPS) is 11.7. The topological polar surface area (TPSA) is 93.9 Å². The molecule has 4 rings (SSSR count). The third-order valence-corrected chi connectivity index (χ3v) is 7.45. The Hall–Kier alpha value is -3.11. The van der Waals surface area contributed by atoms with E-state index in [1.165, 1.54) is 18.3 Å². The van der Waals surface area contributed by atoms with Crippen molar-refractivity contribution in [3.05, 3.63) is 71.4 Å². The van der Waals surface area contributed by atoms with E-state index in [0.29, 0.717) is 24.9 Å². The van der Waals surface area contributed by atoms with Gasteiger partial charge in [-0.15, -0.1) is 11.3 Å². The number of amides is 1. The summed E-state index contributed by atoms with van der Waals surface area (Å²) in [5.74, 6) is -0.555. The second-order valence-electron chi connectivity index (χ2n) is 7.01. The number of hydrogen-bond acceptors (Lipinski definition) is 6. The van der Waals surface area contributed by atoms with Crippen LogP contribution >= 0.6 is 11.3 Å². The number of aromatic nitrogens is 3. The van der Waals surface area contributed by atoms with Crippen LogP contribution < -0.4 is 5.32 Å². The van der Waals surface area contributed by atoms with Gasteiger partial charge in [-0.25, -0.2) is 17.8 Å². The molecule has 4 aromatic rings. The van der Waals surface area contributed by atoms with E-state index in [-0.39, 0.29) is 16.1 Å². The number of benzene rings is 1. The number of halogens is 1. The highest BCUT2D eigenvalue weighted by atomic mass is 32.2. The number of sulfone groups is 1. The van der Waals surface area contributed by atoms with Gasteiger partial charge in [-0.2, -0.15) is 0 Å². The Labute approximate surface area is 182 Å². The highest BCUT2D eigenvalue weighted by Gasteiger charge is 2.15. The molecule has 0 aliphatic heterocycles. The van der Waals surface area contributed by atoms with Crippen LogP contribution in [0.15, 0.2) is 59.5 Å². The second-order valence-corrected chi connectivity index (χ2v) is 10.3. The lowest BCUT2D eigenvalue weighted by Crippen LogP contribution is -2.25. The maximum Gasteiger partial charge on any atom is 0.253 e. The van der Waals surface area contributed by atoms with Gasteiger partial charge in [0.05, 0.1) is 17.3 Å². The van der Waals surface area contributed by atoms with Crippen molar-refractivity contribution in [2.45, 2.75) is 17.2 Å². The van der Waals surface area contributed by atoms with Crippen molar-refractivity contribution in [1.29, 1.82) is 0 Å². The molecule has 0 saturated carbocycles. The molecule has 0 saturated heterocycles. The molecule has 0 fully saturated rings. The predicted molar refractivity (Wildman–Crippen MR) is 117 cm³/mol. The summed E-state index contributed by atoms with van der Waals surface area (Å²) >= 11 is 1.15. The monoisotopic (exact) mass is 458 g/mol. The van der Waals surface area contributed by atoms with Gasteiger partial charge in [-0.3, -0.25) is 9.78 Å². The van der Waals surface area contributed by atoms with Gasteiger partial charge in [0, 0.05) is 47.3 Å². The zero-order valence-electron chi connectivity index (χ0n) is 16.6. The fraction of sp³-hybridized carbons (Fsp3) is 0.190. The number of hydrogen-bond donors (Lipinski definition) is 1. The molecule has 3 heterocycles. The van der Waals surface area contributed by atoms with E-state index in [2.05, 4.69) is 15.3 Å². The Morgan fingerprint density at radius 2 is 1.94 bits per heavy atom. The highest BCUT2D eigenvalue weighted by molar-refractivity contribution is 7.92. The summed E-state index contributed by atoms with van der Waals surface area (Å²) in [4.78, 5) is 21.7. The molecule has 1 N–H and O–H groups in total. The lowest BCUT2D eigenvalue weighted by Gasteiger charge is -2.08. The standard InChI is InChI=1S/C21H19FN4O3S2/c1-31(28,29)21-25-11-16(30-21)3-2-9-24-20(27)18-12-23-13-19-17(18)8-10-26(19)15-6-4-14(22)5-7-15/h4-8,10-13H,2-3,9H2,1H3,(H,24,27). The summed E-state index contributed by atoms with van der Waals surface area (Å²) < 4.78 is 38.2. The van der Waals surface area contributed by atoms with E-state index in [4.69, 9.17) is 0 Å². The highest BCUT2D eigenvalue weighted by Crippen LogP contribution is 2.23. The molecule has 31 heavy (non-hydrogen) atoms. The number of nitrogens with one attached hydrogen (secondary N) is 1. The van der Waals surface area contributed by atoms with E-state index < -0.39 is 9.84 Å². The molecule has 0 radical (unpaired) electrons. The molecule has 10 heteroatoms. The van der Waals surface area contributed by atoms with E-state index in [1.807, 2.05) is 16.8 Å². The van der Waals surface area contributed by atoms with Crippen LogP contribution in [0.1, 0.15) is 21.7 Å². The number of rotatable bonds is 7. The minimum Gasteiger partial charge on any atom is -0.352 e. The lowest BCUT2D eigenvalue weighted by molar-refractivity contribution is 0.0954. The summed E-state index contributed by atoms with van der Waals surface area (Å²) in [6.07, 6.45) is 8.97. The van der Waals surface area contributed by atoms with E-state index in [1.54, 1.807) is 24.5 Å². The maximum atomic E-state index is 13.2. The molecule has 0 unspecified atom stereocenters. The zero-order chi connectivity index (χ0) is 22.0. The van der Waals surface area contributed by atoms with Gasteiger partial charge < -0.3 is 9.88 Å². The van der Waals surface area contributed by atoms with Gasteiger partial charge in [-0.05, 0) is 43.2 Å². The van der Waals surface area contributed by atoms with E-state index in [0.717, 1.165) is 39.1 Å². The fourth-order valence-corrected chi connectivity index (χ4v) is 5.05. The number of aryl methyl sites for hydroxylation is 1. The van der Waals surface area contributed by atoms with Crippen LogP contribution in [0.2, 0.25) is 0 Å². The second kappa shape index (κ2) is 8.56. The Balaban J connectivity index is 1.42. The molecule has 0 aliphatic rings. The fourth-order valence-electron chi connectivity index (χ4n) is 3.20. The smallest absolute Gasteiger partial charge is 0.253 e. The van der Waals surface area contributed by atoms with Gasteiger partial charge in [0.2, 0.25) is 14.2 Å². The minimum atomic E-state index is -3.29. The molecule has 1 amide bonds. The Kier molecular flexibility index (Phi) is 5.84. The molecule has 0 spiro atoms. The number of carbonyl (C=O) groups is 1. The van der Waals surface area contributed by atoms with Crippen molar-refractivity contribution in [3.63, 3.8) is 0 Å². The van der Waals surface area contributed by atoms with Crippen LogP contribution in [0, 0.1) is 5.82 Å². The van der Waals surface area contributed by atoms with Crippen molar-refractivity contribution >= 4 is 38.0 Å². The van der Waals surface area contributed by atoms with E-state index in [9.17, 15) is 17.6 Å². The molecule has 0 aliphatic carbocycles. The first-order valence-corrected chi connectivity index (χ1v) is 12.2. The number of pyridine rings is 1. The summed E-state index contributed by atoms with van der Waals surface area (Å²) in [6, 6.07) is 7.92. The van der Waals surface area contributed by atoms with Crippen LogP contribution in [0.4, 0.5) is 4.39 Å². The SMILES string of the molecule is CS(=O)(=O)c1ncc(CCCNC(=O)c2cncc3c2ccn3-c2ccc(F)cc2)s1. The van der Waals surface area contributed by atoms with Gasteiger partial charge in [0.1, 0.15) is 5.82 Å². The van der Waals surface area contributed by atoms with Crippen molar-refractivity contribution < 1.29 is 17.6 Å². The van der Waals surface area contributed by atoms with Crippen molar-refractivity contribution in [2.75, 3.05) is 12.8 Å². The molecule has 0 atom stereocenters. The first-order valence-electron chi connectivity index (χ1n) is 9.47. The molecule has 7 nitrogen and oxygen atoms in total. The van der Waals surface area contributed by atoms with Crippen molar-refractivity contribution in [3.8, 4) is 5.69 Å². The summed E-state index contributed by atoms with van der Waals surface area (Å²) in [6.45, 7) is 0.431. The Morgan fingerprint density at radius 1 is 1.16 bits per heavy atom. The number of thiazole rings is 1. The third-order valence-electron chi connectivity index (χ3n) is 4.70. The van der Waals surface area contributed by atoms with Crippen LogP contribution in [0.5, 0.6) is 0 Å². The average Bonchev–Trinajstić information content (AvgIpc) is 3.38. The molecular formula is C21H19FN4O3S2. The minimum absolute atomic E-state index is 0.106. The lowest BCUT2D eigenvalue weighted by atomic mass is 10.1. The number of fused-ring (bicyclic) bond motifs is 1. The molecule has 3 aromatic heterocycles. The number of carbonyl (C=O) groups excluding carboxylic acids is 1. The van der Waals surface area contributed by atoms with Gasteiger partial charge in [-0.1, -0.05) is 0 Å². The van der Waals surface area contributed by atoms with Gasteiger partial charge in [0.25, 0.3) is 5.91 Å². The first-order chi connectivity index (χ1) is 14.8. The average molecular weight is 459 g/mol. The Morgan fingerprint density at radius 3 is 2.65 bits per heavy atom. The quantitative estimate of drug-likeness (QED) is 0.429. The third kappa shape index (κ3) is 4.64. The van der Waals surface area contributed by atoms with Crippen molar-refractivity contribution in [1.82, 2.24) is 19.9 Å². The molecular weight excluding hydrogens is 439 g/mol. The zero-order valence-corrected chi connectivity index (χ0v) is 18.2. The maximum absolute atomic E-state index is 13.2. The summed E-state index contributed by atoms with van der Waals surface area (Å²) in [7, 11) is -3.29. The van der Waals surface area contributed by atoms with Crippen LogP contribution in [-0.2, 0) is 16.3 Å². The van der Waals surface area contributed by atoms with Gasteiger partial charge >= 0.3 is 0 Å². The summed E-state index contributed by atoms with van der Waals surface area (Å²) in [5, 5.41) is 3.63. The molecule has 0 bridgehead atoms. The van der Waals surface area contributed by atoms with Crippen LogP contribution in [0.3, 0.4) is 0 Å².